The first kappa shape index (κ1) is 9.85. The smallest absolute Gasteiger partial charge is 0.103 e. The van der Waals surface area contributed by atoms with E-state index in [0.717, 1.165) is 18.3 Å². The van der Waals surface area contributed by atoms with Gasteiger partial charge < -0.3 is 0 Å². The molecule has 0 fully saturated rings. The molecule has 13 heavy (non-hydrogen) atoms. The van der Waals surface area contributed by atoms with E-state index >= 15 is 0 Å². The highest BCUT2D eigenvalue weighted by molar-refractivity contribution is 6.32. The Balaban J connectivity index is 3.01. The minimum Gasteiger partial charge on any atom is -0.103 e. The molecule has 0 saturated heterocycles. The first-order valence-corrected chi connectivity index (χ1v) is 4.37. The number of allylic oxidation sites excluding steroid dienone is 2. The largest absolute Gasteiger partial charge is 0.113 e. The molecule has 0 aromatic heterocycles. The van der Waals surface area contributed by atoms with Gasteiger partial charge in [-0.2, -0.15) is 0 Å². The maximum absolute atomic E-state index is 5.69. The summed E-state index contributed by atoms with van der Waals surface area (Å²) in [5, 5.41) is 0. The van der Waals surface area contributed by atoms with E-state index in [4.69, 9.17) is 7.85 Å². The molecule has 0 aliphatic carbocycles. The predicted octanol–water partition coefficient (Wildman–Crippen LogP) is 1.94. The number of hydrogen-bond donors (Lipinski definition) is 0. The van der Waals surface area contributed by atoms with E-state index in [0.29, 0.717) is 0 Å². The van der Waals surface area contributed by atoms with Gasteiger partial charge in [-0.15, -0.1) is 13.2 Å². The molecule has 0 nitrogen and oxygen atoms in total. The quantitative estimate of drug-likeness (QED) is 0.476. The van der Waals surface area contributed by atoms with Gasteiger partial charge in [-0.3, -0.25) is 0 Å². The molecule has 1 rings (SSSR count). The minimum atomic E-state index is 0.810. The van der Waals surface area contributed by atoms with Gasteiger partial charge in [0, 0.05) is 0 Å². The summed E-state index contributed by atoms with van der Waals surface area (Å²) in [5.41, 5.74) is 3.34. The monoisotopic (exact) mass is 168 g/mol. The van der Waals surface area contributed by atoms with Crippen LogP contribution in [0.15, 0.2) is 43.5 Å². The molecular formula is C12H13B. The van der Waals surface area contributed by atoms with Crippen molar-refractivity contribution in [2.45, 2.75) is 12.8 Å². The van der Waals surface area contributed by atoms with Crippen LogP contribution in [0.2, 0.25) is 0 Å². The minimum absolute atomic E-state index is 0.810. The molecule has 0 aliphatic rings. The van der Waals surface area contributed by atoms with Crippen molar-refractivity contribution in [1.82, 2.24) is 0 Å². The molecule has 2 radical (unpaired) electrons. The lowest BCUT2D eigenvalue weighted by Gasteiger charge is -2.06. The van der Waals surface area contributed by atoms with E-state index in [1.54, 1.807) is 0 Å². The molecule has 0 bridgehead atoms. The second-order valence-electron chi connectivity index (χ2n) is 3.01. The SMILES string of the molecule is [B]c1ccc(CC=C)c(CC=C)c1. The van der Waals surface area contributed by atoms with E-state index in [1.165, 1.54) is 11.1 Å². The van der Waals surface area contributed by atoms with Crippen LogP contribution in [0.5, 0.6) is 0 Å². The maximum Gasteiger partial charge on any atom is 0.113 e. The Labute approximate surface area is 81.4 Å². The third kappa shape index (κ3) is 2.62. The summed E-state index contributed by atoms with van der Waals surface area (Å²) in [6, 6.07) is 5.97. The summed E-state index contributed by atoms with van der Waals surface area (Å²) in [5.74, 6) is 0. The summed E-state index contributed by atoms with van der Waals surface area (Å²) in [7, 11) is 5.69. The highest BCUT2D eigenvalue weighted by atomic mass is 14.0. The van der Waals surface area contributed by atoms with Crippen LogP contribution in [0.3, 0.4) is 0 Å². The molecule has 1 aromatic rings. The second kappa shape index (κ2) is 4.71. The Morgan fingerprint density at radius 1 is 1.08 bits per heavy atom. The first-order chi connectivity index (χ1) is 6.27. The Bertz CT molecular complexity index is 313. The van der Waals surface area contributed by atoms with Crippen molar-refractivity contribution in [1.29, 1.82) is 0 Å². The molecule has 0 unspecified atom stereocenters. The number of rotatable bonds is 4. The molecular weight excluding hydrogens is 155 g/mol. The van der Waals surface area contributed by atoms with Crippen molar-refractivity contribution in [2.24, 2.45) is 0 Å². The standard InChI is InChI=1S/C12H13B/c1-3-5-10-7-8-12(13)9-11(10)6-4-2/h3-4,7-9H,1-2,5-6H2. The molecule has 0 atom stereocenters. The Morgan fingerprint density at radius 3 is 2.31 bits per heavy atom. The Morgan fingerprint density at radius 2 is 1.69 bits per heavy atom. The predicted molar refractivity (Wildman–Crippen MR) is 59.6 cm³/mol. The topological polar surface area (TPSA) is 0 Å². The molecule has 0 spiro atoms. The molecule has 0 saturated carbocycles. The van der Waals surface area contributed by atoms with Crippen LogP contribution in [-0.4, -0.2) is 7.85 Å². The van der Waals surface area contributed by atoms with E-state index < -0.39 is 0 Å². The molecule has 0 aliphatic heterocycles. The second-order valence-corrected chi connectivity index (χ2v) is 3.01. The van der Waals surface area contributed by atoms with Crippen LogP contribution < -0.4 is 5.46 Å². The van der Waals surface area contributed by atoms with E-state index in [9.17, 15) is 0 Å². The zero-order valence-corrected chi connectivity index (χ0v) is 7.79. The average molecular weight is 168 g/mol. The van der Waals surface area contributed by atoms with Crippen molar-refractivity contribution in [3.63, 3.8) is 0 Å². The van der Waals surface area contributed by atoms with Crippen molar-refractivity contribution in [3.05, 3.63) is 54.6 Å². The number of benzene rings is 1. The van der Waals surface area contributed by atoms with Gasteiger partial charge in [-0.1, -0.05) is 35.8 Å². The lowest BCUT2D eigenvalue weighted by molar-refractivity contribution is 1.16. The fourth-order valence-electron chi connectivity index (χ4n) is 1.35. The zero-order valence-electron chi connectivity index (χ0n) is 7.79. The van der Waals surface area contributed by atoms with Gasteiger partial charge in [-0.05, 0) is 24.0 Å². The van der Waals surface area contributed by atoms with Crippen molar-refractivity contribution in [3.8, 4) is 0 Å². The average Bonchev–Trinajstić information content (AvgIpc) is 2.10. The summed E-state index contributed by atoms with van der Waals surface area (Å²) >= 11 is 0. The van der Waals surface area contributed by atoms with Gasteiger partial charge in [0.05, 0.1) is 0 Å². The highest BCUT2D eigenvalue weighted by Gasteiger charge is 1.98. The van der Waals surface area contributed by atoms with Gasteiger partial charge in [0.15, 0.2) is 0 Å². The summed E-state index contributed by atoms with van der Waals surface area (Å²) in [6.45, 7) is 7.44. The normalized spacial score (nSPS) is 9.54. The fourth-order valence-corrected chi connectivity index (χ4v) is 1.35. The molecule has 0 heterocycles. The Kier molecular flexibility index (Phi) is 3.57. The zero-order chi connectivity index (χ0) is 9.68. The van der Waals surface area contributed by atoms with E-state index in [2.05, 4.69) is 19.2 Å². The van der Waals surface area contributed by atoms with Gasteiger partial charge in [0.25, 0.3) is 0 Å². The third-order valence-corrected chi connectivity index (χ3v) is 1.96. The molecule has 0 N–H and O–H groups in total. The lowest BCUT2D eigenvalue weighted by Crippen LogP contribution is -2.05. The number of hydrogen-bond acceptors (Lipinski definition) is 0. The summed E-state index contributed by atoms with van der Waals surface area (Å²) in [6.07, 6.45) is 5.55. The summed E-state index contributed by atoms with van der Waals surface area (Å²) in [4.78, 5) is 0. The van der Waals surface area contributed by atoms with Crippen molar-refractivity contribution >= 4 is 13.3 Å². The van der Waals surface area contributed by atoms with Gasteiger partial charge >= 0.3 is 0 Å². The van der Waals surface area contributed by atoms with Crippen LogP contribution in [0, 0.1) is 0 Å². The Hall–Kier alpha value is -1.24. The fraction of sp³-hybridized carbons (Fsp3) is 0.167. The van der Waals surface area contributed by atoms with Gasteiger partial charge in [-0.25, -0.2) is 0 Å². The summed E-state index contributed by atoms with van der Waals surface area (Å²) < 4.78 is 0. The lowest BCUT2D eigenvalue weighted by atomic mass is 9.90. The van der Waals surface area contributed by atoms with Gasteiger partial charge in [0.2, 0.25) is 0 Å². The maximum atomic E-state index is 5.69. The van der Waals surface area contributed by atoms with Crippen molar-refractivity contribution < 1.29 is 0 Å². The van der Waals surface area contributed by atoms with Crippen LogP contribution in [-0.2, 0) is 12.8 Å². The van der Waals surface area contributed by atoms with Crippen LogP contribution >= 0.6 is 0 Å². The third-order valence-electron chi connectivity index (χ3n) is 1.96. The molecule has 1 aromatic carbocycles. The van der Waals surface area contributed by atoms with Crippen molar-refractivity contribution in [2.75, 3.05) is 0 Å². The molecule has 0 amide bonds. The van der Waals surface area contributed by atoms with Crippen LogP contribution in [0.25, 0.3) is 0 Å². The van der Waals surface area contributed by atoms with Crippen LogP contribution in [0.1, 0.15) is 11.1 Å². The van der Waals surface area contributed by atoms with E-state index in [-0.39, 0.29) is 0 Å². The van der Waals surface area contributed by atoms with Crippen LogP contribution in [0.4, 0.5) is 0 Å². The first-order valence-electron chi connectivity index (χ1n) is 4.37. The highest BCUT2D eigenvalue weighted by Crippen LogP contribution is 2.09. The van der Waals surface area contributed by atoms with Gasteiger partial charge in [0.1, 0.15) is 7.85 Å². The molecule has 1 heteroatoms. The molecule has 64 valence electrons. The van der Waals surface area contributed by atoms with E-state index in [1.807, 2.05) is 24.3 Å².